The Hall–Kier alpha value is -1.85. The van der Waals surface area contributed by atoms with Crippen LogP contribution >= 0.6 is 11.8 Å². The highest BCUT2D eigenvalue weighted by Gasteiger charge is 2.18. The second-order valence-corrected chi connectivity index (χ2v) is 5.40. The number of amides is 1. The van der Waals surface area contributed by atoms with Crippen molar-refractivity contribution in [3.05, 3.63) is 21.6 Å². The van der Waals surface area contributed by atoms with E-state index >= 15 is 0 Å². The van der Waals surface area contributed by atoms with Crippen LogP contribution in [0.15, 0.2) is 9.95 Å². The fourth-order valence-corrected chi connectivity index (χ4v) is 2.75. The minimum Gasteiger partial charge on any atom is -0.378 e. The fourth-order valence-electron chi connectivity index (χ4n) is 1.97. The van der Waals surface area contributed by atoms with Gasteiger partial charge in [-0.3, -0.25) is 9.59 Å². The van der Waals surface area contributed by atoms with Crippen molar-refractivity contribution in [1.29, 1.82) is 5.26 Å². The zero-order valence-electron chi connectivity index (χ0n) is 11.7. The summed E-state index contributed by atoms with van der Waals surface area (Å²) in [5, 5.41) is 9.29. The number of aromatic nitrogens is 2. The number of hydrogen-bond acceptors (Lipinski definition) is 6. The number of nitriles is 1. The monoisotopic (exact) mass is 308 g/mol. The number of nitrogens with one attached hydrogen (secondary N) is 1. The van der Waals surface area contributed by atoms with E-state index in [1.54, 1.807) is 4.90 Å². The van der Waals surface area contributed by atoms with Gasteiger partial charge >= 0.3 is 0 Å². The zero-order valence-corrected chi connectivity index (χ0v) is 12.5. The molecule has 7 nitrogen and oxygen atoms in total. The van der Waals surface area contributed by atoms with Crippen LogP contribution in [-0.4, -0.2) is 52.8 Å². The number of nitrogens with zero attached hydrogens (tertiary/aromatic N) is 3. The Morgan fingerprint density at radius 2 is 2.24 bits per heavy atom. The molecule has 1 aliphatic heterocycles. The molecular weight excluding hydrogens is 292 g/mol. The molecule has 0 aromatic carbocycles. The highest BCUT2D eigenvalue weighted by molar-refractivity contribution is 7.99. The van der Waals surface area contributed by atoms with Crippen molar-refractivity contribution in [2.24, 2.45) is 0 Å². The molecule has 112 valence electrons. The maximum Gasteiger partial charge on any atom is 0.269 e. The highest BCUT2D eigenvalue weighted by Crippen LogP contribution is 2.14. The molecule has 0 saturated carbocycles. The molecule has 0 aliphatic carbocycles. The summed E-state index contributed by atoms with van der Waals surface area (Å²) < 4.78 is 5.19. The molecule has 0 atom stereocenters. The molecule has 1 N–H and O–H groups in total. The third kappa shape index (κ3) is 3.83. The summed E-state index contributed by atoms with van der Waals surface area (Å²) in [7, 11) is 0. The normalized spacial score (nSPS) is 14.8. The summed E-state index contributed by atoms with van der Waals surface area (Å²) in [6.07, 6.45) is 0.498. The first-order valence-corrected chi connectivity index (χ1v) is 7.66. The minimum absolute atomic E-state index is 0.00615. The SMILES string of the molecule is CCc1nc(SCC(=O)N2CCOCC2)[nH]c(=O)c1C#N. The summed E-state index contributed by atoms with van der Waals surface area (Å²) in [5.74, 6) is 0.200. The number of carbonyl (C=O) groups is 1. The first-order valence-electron chi connectivity index (χ1n) is 6.67. The lowest BCUT2D eigenvalue weighted by Crippen LogP contribution is -2.41. The van der Waals surface area contributed by atoms with Crippen LogP contribution in [0.4, 0.5) is 0 Å². The van der Waals surface area contributed by atoms with Gasteiger partial charge in [0.1, 0.15) is 11.6 Å². The lowest BCUT2D eigenvalue weighted by atomic mass is 10.2. The van der Waals surface area contributed by atoms with Crippen LogP contribution in [0.5, 0.6) is 0 Å². The van der Waals surface area contributed by atoms with Gasteiger partial charge in [-0.25, -0.2) is 4.98 Å². The Labute approximate surface area is 126 Å². The number of ether oxygens (including phenoxy) is 1. The second-order valence-electron chi connectivity index (χ2n) is 4.44. The van der Waals surface area contributed by atoms with E-state index in [9.17, 15) is 9.59 Å². The molecule has 1 saturated heterocycles. The molecule has 1 amide bonds. The van der Waals surface area contributed by atoms with Gasteiger partial charge in [-0.15, -0.1) is 0 Å². The number of rotatable bonds is 4. The molecule has 0 spiro atoms. The van der Waals surface area contributed by atoms with E-state index in [1.165, 1.54) is 11.8 Å². The van der Waals surface area contributed by atoms with Crippen LogP contribution in [0.1, 0.15) is 18.2 Å². The van der Waals surface area contributed by atoms with E-state index in [0.29, 0.717) is 43.6 Å². The van der Waals surface area contributed by atoms with Gasteiger partial charge < -0.3 is 14.6 Å². The van der Waals surface area contributed by atoms with Crippen molar-refractivity contribution in [2.75, 3.05) is 32.1 Å². The Bertz CT molecular complexity index is 617. The molecule has 0 radical (unpaired) electrons. The Morgan fingerprint density at radius 1 is 1.52 bits per heavy atom. The van der Waals surface area contributed by atoms with Gasteiger partial charge in [0.25, 0.3) is 5.56 Å². The quantitative estimate of drug-likeness (QED) is 0.628. The summed E-state index contributed by atoms with van der Waals surface area (Å²) >= 11 is 1.18. The van der Waals surface area contributed by atoms with Crippen LogP contribution in [0.3, 0.4) is 0 Å². The number of hydrogen-bond donors (Lipinski definition) is 1. The number of thioether (sulfide) groups is 1. The van der Waals surface area contributed by atoms with Gasteiger partial charge in [0.05, 0.1) is 24.7 Å². The average Bonchev–Trinajstić information content (AvgIpc) is 2.52. The topological polar surface area (TPSA) is 99.1 Å². The first-order chi connectivity index (χ1) is 10.2. The third-order valence-electron chi connectivity index (χ3n) is 3.12. The Kier molecular flexibility index (Phi) is 5.36. The summed E-state index contributed by atoms with van der Waals surface area (Å²) in [5.41, 5.74) is 0.0506. The van der Waals surface area contributed by atoms with Gasteiger partial charge in [-0.05, 0) is 6.42 Å². The van der Waals surface area contributed by atoms with Crippen LogP contribution in [0.2, 0.25) is 0 Å². The van der Waals surface area contributed by atoms with Crippen molar-refractivity contribution in [3.8, 4) is 6.07 Å². The van der Waals surface area contributed by atoms with E-state index in [-0.39, 0.29) is 17.2 Å². The Morgan fingerprint density at radius 3 is 2.86 bits per heavy atom. The predicted octanol–water partition coefficient (Wildman–Crippen LogP) is 0.155. The number of morpholine rings is 1. The number of aromatic amines is 1. The third-order valence-corrected chi connectivity index (χ3v) is 3.97. The zero-order chi connectivity index (χ0) is 15.2. The van der Waals surface area contributed by atoms with Crippen molar-refractivity contribution in [2.45, 2.75) is 18.5 Å². The molecule has 0 bridgehead atoms. The molecule has 1 aromatic heterocycles. The lowest BCUT2D eigenvalue weighted by molar-refractivity contribution is -0.132. The maximum atomic E-state index is 12.0. The van der Waals surface area contributed by atoms with Crippen molar-refractivity contribution < 1.29 is 9.53 Å². The molecular formula is C13H16N4O3S. The number of H-pyrrole nitrogens is 1. The van der Waals surface area contributed by atoms with Crippen LogP contribution < -0.4 is 5.56 Å². The van der Waals surface area contributed by atoms with Gasteiger partial charge in [-0.2, -0.15) is 5.26 Å². The second kappa shape index (κ2) is 7.24. The molecule has 21 heavy (non-hydrogen) atoms. The van der Waals surface area contributed by atoms with E-state index in [2.05, 4.69) is 9.97 Å². The van der Waals surface area contributed by atoms with Gasteiger partial charge in [0.2, 0.25) is 5.91 Å². The van der Waals surface area contributed by atoms with E-state index < -0.39 is 5.56 Å². The predicted molar refractivity (Wildman–Crippen MR) is 77.1 cm³/mol. The maximum absolute atomic E-state index is 12.0. The van der Waals surface area contributed by atoms with Crippen molar-refractivity contribution in [1.82, 2.24) is 14.9 Å². The largest absolute Gasteiger partial charge is 0.378 e. The highest BCUT2D eigenvalue weighted by atomic mass is 32.2. The van der Waals surface area contributed by atoms with Crippen LogP contribution in [-0.2, 0) is 16.0 Å². The molecule has 1 aliphatic rings. The van der Waals surface area contributed by atoms with E-state index in [1.807, 2.05) is 13.0 Å². The fraction of sp³-hybridized carbons (Fsp3) is 0.538. The van der Waals surface area contributed by atoms with E-state index in [0.717, 1.165) is 0 Å². The van der Waals surface area contributed by atoms with E-state index in [4.69, 9.17) is 10.00 Å². The summed E-state index contributed by atoms with van der Waals surface area (Å²) in [4.78, 5) is 32.3. The smallest absolute Gasteiger partial charge is 0.269 e. The van der Waals surface area contributed by atoms with Crippen molar-refractivity contribution in [3.63, 3.8) is 0 Å². The molecule has 8 heteroatoms. The van der Waals surface area contributed by atoms with Crippen LogP contribution in [0, 0.1) is 11.3 Å². The number of carbonyl (C=O) groups excluding carboxylic acids is 1. The average molecular weight is 308 g/mol. The van der Waals surface area contributed by atoms with Gasteiger partial charge in [0.15, 0.2) is 5.16 Å². The molecule has 1 aromatic rings. The number of aryl methyl sites for hydroxylation is 1. The molecule has 0 unspecified atom stereocenters. The molecule has 2 heterocycles. The van der Waals surface area contributed by atoms with Gasteiger partial charge in [-0.1, -0.05) is 18.7 Å². The Balaban J connectivity index is 2.03. The van der Waals surface area contributed by atoms with Crippen LogP contribution in [0.25, 0.3) is 0 Å². The summed E-state index contributed by atoms with van der Waals surface area (Å²) in [6.45, 7) is 4.13. The van der Waals surface area contributed by atoms with Crippen molar-refractivity contribution >= 4 is 17.7 Å². The minimum atomic E-state index is -0.453. The molecule has 1 fully saturated rings. The molecule has 2 rings (SSSR count). The van der Waals surface area contributed by atoms with Gasteiger partial charge in [0, 0.05) is 13.1 Å². The first kappa shape index (κ1) is 15.5. The standard InChI is InChI=1S/C13H16N4O3S/c1-2-10-9(7-14)12(19)16-13(15-10)21-8-11(18)17-3-5-20-6-4-17/h2-6,8H2,1H3,(H,15,16,19). The lowest BCUT2D eigenvalue weighted by Gasteiger charge is -2.26. The summed E-state index contributed by atoms with van der Waals surface area (Å²) in [6, 6.07) is 1.85.